The molecule has 0 aliphatic carbocycles. The largest absolute Gasteiger partial charge is 0.418 e. The van der Waals surface area contributed by atoms with Crippen LogP contribution in [0.1, 0.15) is 12.0 Å². The number of alkyl halides is 3. The molecule has 1 aliphatic rings. The predicted octanol–water partition coefficient (Wildman–Crippen LogP) is 2.51. The Kier molecular flexibility index (Phi) is 3.38. The summed E-state index contributed by atoms with van der Waals surface area (Å²) in [6.07, 6.45) is -3.67. The van der Waals surface area contributed by atoms with Crippen molar-refractivity contribution in [2.45, 2.75) is 18.6 Å². The van der Waals surface area contributed by atoms with Crippen molar-refractivity contribution < 1.29 is 17.9 Å². The fraction of sp³-hybridized carbons (Fsp3) is 0.500. The molecule has 1 heterocycles. The molecule has 0 amide bonds. The van der Waals surface area contributed by atoms with E-state index in [4.69, 9.17) is 10.5 Å². The molecule has 1 aromatic rings. The van der Waals surface area contributed by atoms with Gasteiger partial charge in [0, 0.05) is 25.0 Å². The Hall–Kier alpha value is -1.43. The number of nitrogens with two attached hydrogens (primary N) is 1. The standard InChI is InChI=1S/C12H15F3N2O/c1-17(9-4-5-18-7-9)11-3-2-8(16)6-10(11)12(13,14)15/h2-3,6,9H,4-5,7,16H2,1H3. The number of benzene rings is 1. The van der Waals surface area contributed by atoms with E-state index in [1.165, 1.54) is 12.1 Å². The minimum Gasteiger partial charge on any atom is -0.399 e. The van der Waals surface area contributed by atoms with Gasteiger partial charge in [0.05, 0.1) is 18.2 Å². The summed E-state index contributed by atoms with van der Waals surface area (Å²) in [6, 6.07) is 3.85. The molecular formula is C12H15F3N2O. The number of hydrogen-bond donors (Lipinski definition) is 1. The number of nitrogens with zero attached hydrogens (tertiary/aromatic N) is 1. The van der Waals surface area contributed by atoms with E-state index in [-0.39, 0.29) is 17.4 Å². The first-order valence-electron chi connectivity index (χ1n) is 5.67. The van der Waals surface area contributed by atoms with Crippen LogP contribution in [-0.2, 0) is 10.9 Å². The molecule has 100 valence electrons. The minimum atomic E-state index is -4.40. The Morgan fingerprint density at radius 1 is 1.39 bits per heavy atom. The molecule has 1 aromatic carbocycles. The number of halogens is 3. The Morgan fingerprint density at radius 3 is 2.67 bits per heavy atom. The smallest absolute Gasteiger partial charge is 0.399 e. The van der Waals surface area contributed by atoms with E-state index in [2.05, 4.69) is 0 Å². The third kappa shape index (κ3) is 2.53. The molecule has 0 saturated carbocycles. The predicted molar refractivity (Wildman–Crippen MR) is 63.5 cm³/mol. The van der Waals surface area contributed by atoms with E-state index < -0.39 is 11.7 Å². The van der Waals surface area contributed by atoms with Crippen LogP contribution in [-0.4, -0.2) is 26.3 Å². The lowest BCUT2D eigenvalue weighted by Gasteiger charge is -2.28. The van der Waals surface area contributed by atoms with Gasteiger partial charge in [0.2, 0.25) is 0 Å². The maximum atomic E-state index is 13.0. The van der Waals surface area contributed by atoms with Crippen LogP contribution in [0.4, 0.5) is 24.5 Å². The molecular weight excluding hydrogens is 245 g/mol. The molecule has 6 heteroatoms. The van der Waals surface area contributed by atoms with E-state index in [0.717, 1.165) is 12.5 Å². The molecule has 1 saturated heterocycles. The molecule has 0 bridgehead atoms. The maximum absolute atomic E-state index is 13.0. The molecule has 0 aromatic heterocycles. The number of hydrogen-bond acceptors (Lipinski definition) is 3. The van der Waals surface area contributed by atoms with E-state index in [1.54, 1.807) is 11.9 Å². The number of likely N-dealkylation sites (N-methyl/N-ethyl adjacent to an activating group) is 1. The van der Waals surface area contributed by atoms with Crippen LogP contribution in [0.3, 0.4) is 0 Å². The highest BCUT2D eigenvalue weighted by Gasteiger charge is 2.36. The number of ether oxygens (including phenoxy) is 1. The normalized spacial score (nSPS) is 20.1. The van der Waals surface area contributed by atoms with Gasteiger partial charge in [-0.15, -0.1) is 0 Å². The summed E-state index contributed by atoms with van der Waals surface area (Å²) in [5.41, 5.74) is 5.00. The summed E-state index contributed by atoms with van der Waals surface area (Å²) >= 11 is 0. The lowest BCUT2D eigenvalue weighted by molar-refractivity contribution is -0.137. The second kappa shape index (κ2) is 4.68. The highest BCUT2D eigenvalue weighted by atomic mass is 19.4. The van der Waals surface area contributed by atoms with E-state index in [1.807, 2.05) is 0 Å². The maximum Gasteiger partial charge on any atom is 0.418 e. The van der Waals surface area contributed by atoms with Gasteiger partial charge in [-0.25, -0.2) is 0 Å². The Balaban J connectivity index is 2.37. The van der Waals surface area contributed by atoms with Crippen molar-refractivity contribution in [1.82, 2.24) is 0 Å². The number of rotatable bonds is 2. The highest BCUT2D eigenvalue weighted by Crippen LogP contribution is 2.38. The molecule has 2 rings (SSSR count). The fourth-order valence-corrected chi connectivity index (χ4v) is 2.11. The van der Waals surface area contributed by atoms with Crippen molar-refractivity contribution in [3.05, 3.63) is 23.8 Å². The molecule has 3 nitrogen and oxygen atoms in total. The van der Waals surface area contributed by atoms with Crippen LogP contribution in [0, 0.1) is 0 Å². The van der Waals surface area contributed by atoms with Gasteiger partial charge in [-0.1, -0.05) is 0 Å². The van der Waals surface area contributed by atoms with Crippen LogP contribution in [0.2, 0.25) is 0 Å². The van der Waals surface area contributed by atoms with E-state index in [0.29, 0.717) is 13.2 Å². The van der Waals surface area contributed by atoms with Crippen LogP contribution in [0.5, 0.6) is 0 Å². The molecule has 0 spiro atoms. The van der Waals surface area contributed by atoms with Gasteiger partial charge in [-0.05, 0) is 24.6 Å². The average molecular weight is 260 g/mol. The molecule has 1 atom stereocenters. The summed E-state index contributed by atoms with van der Waals surface area (Å²) in [4.78, 5) is 1.62. The molecule has 18 heavy (non-hydrogen) atoms. The topological polar surface area (TPSA) is 38.5 Å². The van der Waals surface area contributed by atoms with Crippen molar-refractivity contribution in [2.24, 2.45) is 0 Å². The molecule has 1 aliphatic heterocycles. The van der Waals surface area contributed by atoms with Gasteiger partial charge in [0.15, 0.2) is 0 Å². The van der Waals surface area contributed by atoms with Crippen LogP contribution in [0.25, 0.3) is 0 Å². The van der Waals surface area contributed by atoms with Crippen LogP contribution < -0.4 is 10.6 Å². The average Bonchev–Trinajstić information content (AvgIpc) is 2.80. The van der Waals surface area contributed by atoms with Crippen molar-refractivity contribution in [3.63, 3.8) is 0 Å². The van der Waals surface area contributed by atoms with E-state index in [9.17, 15) is 13.2 Å². The summed E-state index contributed by atoms with van der Waals surface area (Å²) < 4.78 is 44.1. The second-order valence-electron chi connectivity index (χ2n) is 4.40. The van der Waals surface area contributed by atoms with E-state index >= 15 is 0 Å². The van der Waals surface area contributed by atoms with Crippen molar-refractivity contribution in [2.75, 3.05) is 30.9 Å². The highest BCUT2D eigenvalue weighted by molar-refractivity contribution is 5.61. The van der Waals surface area contributed by atoms with Crippen LogP contribution in [0.15, 0.2) is 18.2 Å². The Bertz CT molecular complexity index is 428. The zero-order valence-electron chi connectivity index (χ0n) is 10.00. The molecule has 1 fully saturated rings. The summed E-state index contributed by atoms with van der Waals surface area (Å²) in [5.74, 6) is 0. The quantitative estimate of drug-likeness (QED) is 0.830. The van der Waals surface area contributed by atoms with Gasteiger partial charge in [0.25, 0.3) is 0 Å². The van der Waals surface area contributed by atoms with Crippen molar-refractivity contribution >= 4 is 11.4 Å². The monoisotopic (exact) mass is 260 g/mol. The zero-order valence-corrected chi connectivity index (χ0v) is 10.00. The first-order chi connectivity index (χ1) is 8.39. The number of anilines is 2. The molecule has 2 N–H and O–H groups in total. The minimum absolute atomic E-state index is 0.0188. The SMILES string of the molecule is CN(c1ccc(N)cc1C(F)(F)F)C1CCOC1. The molecule has 0 radical (unpaired) electrons. The van der Waals surface area contributed by atoms with Gasteiger partial charge < -0.3 is 15.4 Å². The lowest BCUT2D eigenvalue weighted by Crippen LogP contribution is -2.33. The second-order valence-corrected chi connectivity index (χ2v) is 4.40. The summed E-state index contributed by atoms with van der Waals surface area (Å²) in [7, 11) is 1.65. The third-order valence-electron chi connectivity index (χ3n) is 3.16. The Labute approximate surface area is 103 Å². The first kappa shape index (κ1) is 13.0. The van der Waals surface area contributed by atoms with Crippen molar-refractivity contribution in [3.8, 4) is 0 Å². The Morgan fingerprint density at radius 2 is 2.11 bits per heavy atom. The lowest BCUT2D eigenvalue weighted by atomic mass is 10.1. The zero-order chi connectivity index (χ0) is 13.3. The summed E-state index contributed by atoms with van der Waals surface area (Å²) in [5, 5.41) is 0. The molecule has 1 unspecified atom stereocenters. The van der Waals surface area contributed by atoms with Gasteiger partial charge >= 0.3 is 6.18 Å². The van der Waals surface area contributed by atoms with Gasteiger partial charge in [0.1, 0.15) is 0 Å². The van der Waals surface area contributed by atoms with Gasteiger partial charge in [-0.3, -0.25) is 0 Å². The summed E-state index contributed by atoms with van der Waals surface area (Å²) in [6.45, 7) is 1.05. The number of nitrogen functional groups attached to an aromatic ring is 1. The third-order valence-corrected chi connectivity index (χ3v) is 3.16. The van der Waals surface area contributed by atoms with Gasteiger partial charge in [-0.2, -0.15) is 13.2 Å². The van der Waals surface area contributed by atoms with Crippen LogP contribution >= 0.6 is 0 Å². The first-order valence-corrected chi connectivity index (χ1v) is 5.67. The fourth-order valence-electron chi connectivity index (χ4n) is 2.11. The van der Waals surface area contributed by atoms with Crippen molar-refractivity contribution in [1.29, 1.82) is 0 Å².